The molecule has 0 aliphatic rings. The second-order valence-electron chi connectivity index (χ2n) is 7.54. The summed E-state index contributed by atoms with van der Waals surface area (Å²) < 4.78 is 0. The number of amides is 3. The van der Waals surface area contributed by atoms with E-state index in [1.54, 1.807) is 0 Å². The van der Waals surface area contributed by atoms with Crippen molar-refractivity contribution >= 4 is 41.6 Å². The molecule has 1 heterocycles. The smallest absolute Gasteiger partial charge is 0.326 e. The summed E-state index contributed by atoms with van der Waals surface area (Å²) >= 11 is 0. The molecule has 0 spiro atoms. The molecule has 0 aliphatic carbocycles. The van der Waals surface area contributed by atoms with Crippen molar-refractivity contribution < 1.29 is 54.0 Å². The predicted octanol–water partition coefficient (Wildman–Crippen LogP) is -3.37. The molecule has 0 radical (unpaired) electrons. The molecule has 0 aliphatic heterocycles. The van der Waals surface area contributed by atoms with Crippen molar-refractivity contribution in [1.82, 2.24) is 25.9 Å². The van der Waals surface area contributed by atoms with Crippen LogP contribution in [-0.4, -0.2) is 96.2 Å². The highest BCUT2D eigenvalue weighted by Crippen LogP contribution is 2.04. The van der Waals surface area contributed by atoms with Gasteiger partial charge in [-0.05, 0) is 6.42 Å². The lowest BCUT2D eigenvalue weighted by atomic mass is 10.1. The van der Waals surface area contributed by atoms with Crippen LogP contribution in [0.15, 0.2) is 12.5 Å². The third-order valence-corrected chi connectivity index (χ3v) is 4.62. The summed E-state index contributed by atoms with van der Waals surface area (Å²) in [6.45, 7) is 0. The minimum Gasteiger partial charge on any atom is -0.481 e. The number of hydrogen-bond donors (Lipinski definition) is 9. The Hall–Kier alpha value is -4.54. The molecule has 36 heavy (non-hydrogen) atoms. The molecule has 3 amide bonds. The number of H-pyrrole nitrogens is 1. The van der Waals surface area contributed by atoms with E-state index in [0.717, 1.165) is 0 Å². The first kappa shape index (κ1) is 29.5. The number of imidazole rings is 1. The van der Waals surface area contributed by atoms with Crippen molar-refractivity contribution in [2.45, 2.75) is 56.3 Å². The number of rotatable bonds is 16. The number of aromatic amines is 1. The van der Waals surface area contributed by atoms with Gasteiger partial charge in [0.25, 0.3) is 0 Å². The molecular weight excluding hydrogens is 488 g/mol. The average Bonchev–Trinajstić information content (AvgIpc) is 3.28. The van der Waals surface area contributed by atoms with E-state index in [0.29, 0.717) is 5.69 Å². The molecule has 1 rings (SSSR count). The Bertz CT molecular complexity index is 981. The molecule has 0 bridgehead atoms. The van der Waals surface area contributed by atoms with Crippen LogP contribution in [0.5, 0.6) is 0 Å². The second kappa shape index (κ2) is 14.0. The van der Waals surface area contributed by atoms with Gasteiger partial charge >= 0.3 is 23.9 Å². The summed E-state index contributed by atoms with van der Waals surface area (Å²) in [6.07, 6.45) is -0.304. The number of carboxylic acid groups (broad SMARTS) is 4. The Morgan fingerprint density at radius 2 is 1.33 bits per heavy atom. The first-order valence-electron chi connectivity index (χ1n) is 10.3. The highest BCUT2D eigenvalue weighted by molar-refractivity contribution is 5.96. The van der Waals surface area contributed by atoms with E-state index in [9.17, 15) is 33.6 Å². The molecule has 4 atom stereocenters. The van der Waals surface area contributed by atoms with Gasteiger partial charge in [-0.2, -0.15) is 0 Å². The molecule has 0 aromatic carbocycles. The first-order valence-corrected chi connectivity index (χ1v) is 10.3. The summed E-state index contributed by atoms with van der Waals surface area (Å²) in [5.74, 6) is -9.25. The lowest BCUT2D eigenvalue weighted by molar-refractivity contribution is -0.148. The fraction of sp³-hybridized carbons (Fsp3) is 0.474. The van der Waals surface area contributed by atoms with Gasteiger partial charge in [0.05, 0.1) is 25.2 Å². The lowest BCUT2D eigenvalue weighted by Gasteiger charge is -2.24. The van der Waals surface area contributed by atoms with Gasteiger partial charge in [-0.3, -0.25) is 28.8 Å². The molecule has 0 saturated heterocycles. The van der Waals surface area contributed by atoms with Gasteiger partial charge in [0.1, 0.15) is 18.1 Å². The van der Waals surface area contributed by atoms with Crippen LogP contribution < -0.4 is 21.7 Å². The van der Waals surface area contributed by atoms with Crippen molar-refractivity contribution in [2.24, 2.45) is 5.73 Å². The van der Waals surface area contributed by atoms with Gasteiger partial charge < -0.3 is 47.1 Å². The molecule has 17 heteroatoms. The molecule has 4 unspecified atom stereocenters. The number of aromatic nitrogens is 2. The highest BCUT2D eigenvalue weighted by atomic mass is 16.4. The molecule has 1 aromatic rings. The van der Waals surface area contributed by atoms with Crippen molar-refractivity contribution in [1.29, 1.82) is 0 Å². The molecule has 17 nitrogen and oxygen atoms in total. The zero-order valence-corrected chi connectivity index (χ0v) is 18.7. The van der Waals surface area contributed by atoms with E-state index in [4.69, 9.17) is 26.2 Å². The maximum atomic E-state index is 12.9. The van der Waals surface area contributed by atoms with Crippen LogP contribution in [-0.2, 0) is 40.0 Å². The van der Waals surface area contributed by atoms with Crippen molar-refractivity contribution in [3.63, 3.8) is 0 Å². The number of nitrogens with zero attached hydrogens (tertiary/aromatic N) is 1. The number of aliphatic carboxylic acids is 4. The van der Waals surface area contributed by atoms with Gasteiger partial charge in [0.15, 0.2) is 0 Å². The highest BCUT2D eigenvalue weighted by Gasteiger charge is 2.32. The molecule has 198 valence electrons. The van der Waals surface area contributed by atoms with E-state index < -0.39 is 85.0 Å². The van der Waals surface area contributed by atoms with Crippen molar-refractivity contribution in [3.8, 4) is 0 Å². The molecule has 10 N–H and O–H groups in total. The van der Waals surface area contributed by atoms with Gasteiger partial charge in [-0.15, -0.1) is 0 Å². The van der Waals surface area contributed by atoms with Gasteiger partial charge in [-0.25, -0.2) is 9.78 Å². The summed E-state index contributed by atoms with van der Waals surface area (Å²) in [7, 11) is 0. The van der Waals surface area contributed by atoms with E-state index in [-0.39, 0.29) is 12.8 Å². The minimum absolute atomic E-state index is 0.221. The van der Waals surface area contributed by atoms with Crippen LogP contribution in [0.2, 0.25) is 0 Å². The third-order valence-electron chi connectivity index (χ3n) is 4.62. The fourth-order valence-corrected chi connectivity index (χ4v) is 2.82. The van der Waals surface area contributed by atoms with Crippen LogP contribution in [0.3, 0.4) is 0 Å². The largest absolute Gasteiger partial charge is 0.481 e. The van der Waals surface area contributed by atoms with Crippen LogP contribution >= 0.6 is 0 Å². The molecule has 0 saturated carbocycles. The number of nitrogens with two attached hydrogens (primary N) is 1. The summed E-state index contributed by atoms with van der Waals surface area (Å²) in [6, 6.07) is -6.49. The Balaban J connectivity index is 3.06. The van der Waals surface area contributed by atoms with Crippen molar-refractivity contribution in [3.05, 3.63) is 18.2 Å². The number of nitrogens with one attached hydrogen (secondary N) is 4. The van der Waals surface area contributed by atoms with Crippen LogP contribution in [0.1, 0.15) is 31.4 Å². The van der Waals surface area contributed by atoms with Gasteiger partial charge in [-0.1, -0.05) is 0 Å². The summed E-state index contributed by atoms with van der Waals surface area (Å²) in [5.41, 5.74) is 6.00. The Morgan fingerprint density at radius 1 is 0.806 bits per heavy atom. The van der Waals surface area contributed by atoms with E-state index in [2.05, 4.69) is 20.6 Å². The van der Waals surface area contributed by atoms with Gasteiger partial charge in [0.2, 0.25) is 17.7 Å². The van der Waals surface area contributed by atoms with Crippen LogP contribution in [0.4, 0.5) is 0 Å². The van der Waals surface area contributed by atoms with E-state index in [1.807, 2.05) is 5.32 Å². The molecule has 0 fully saturated rings. The predicted molar refractivity (Wildman–Crippen MR) is 115 cm³/mol. The third kappa shape index (κ3) is 10.6. The molecule has 1 aromatic heterocycles. The minimum atomic E-state index is -1.91. The van der Waals surface area contributed by atoms with Gasteiger partial charge in [0, 0.05) is 24.7 Å². The average molecular weight is 514 g/mol. The second-order valence-corrected chi connectivity index (χ2v) is 7.54. The fourth-order valence-electron chi connectivity index (χ4n) is 2.82. The van der Waals surface area contributed by atoms with Crippen LogP contribution in [0, 0.1) is 0 Å². The summed E-state index contributed by atoms with van der Waals surface area (Å²) in [4.78, 5) is 88.2. The van der Waals surface area contributed by atoms with E-state index in [1.165, 1.54) is 12.5 Å². The lowest BCUT2D eigenvalue weighted by Crippen LogP contribution is -2.58. The number of carboxylic acids is 4. The Kier molecular flexibility index (Phi) is 11.5. The number of carbonyl (C=O) groups excluding carboxylic acids is 3. The first-order chi connectivity index (χ1) is 16.8. The normalized spacial score (nSPS) is 13.9. The summed E-state index contributed by atoms with van der Waals surface area (Å²) in [5, 5.41) is 42.0. The van der Waals surface area contributed by atoms with Crippen molar-refractivity contribution in [2.75, 3.05) is 0 Å². The zero-order chi connectivity index (χ0) is 27.4. The maximum absolute atomic E-state index is 12.9. The Morgan fingerprint density at radius 3 is 1.83 bits per heavy atom. The topological polar surface area (TPSA) is 291 Å². The maximum Gasteiger partial charge on any atom is 0.326 e. The quantitative estimate of drug-likeness (QED) is 0.104. The number of carbonyl (C=O) groups is 7. The van der Waals surface area contributed by atoms with E-state index >= 15 is 0 Å². The van der Waals surface area contributed by atoms with Crippen LogP contribution in [0.25, 0.3) is 0 Å². The number of hydrogen-bond acceptors (Lipinski definition) is 9. The Labute approximate surface area is 202 Å². The zero-order valence-electron chi connectivity index (χ0n) is 18.7. The SMILES string of the molecule is NC(CCC(=O)O)C(=O)NC(Cc1cnc[nH]1)C(=O)NC(CC(=O)O)C(=O)NC(CC(=O)O)C(=O)O. The standard InChI is InChI=1S/C19H26N6O11/c20-9(1-2-13(26)27)16(32)23-10(3-8-6-21-7-22-8)17(33)24-11(4-14(28)29)18(34)25-12(19(35)36)5-15(30)31/h6-7,9-12H,1-5,20H2,(H,21,22)(H,23,32)(H,24,33)(H,25,34)(H,26,27)(H,28,29)(H,30,31)(H,35,36). The molecular formula is C19H26N6O11. The monoisotopic (exact) mass is 514 g/mol.